The zero-order valence-corrected chi connectivity index (χ0v) is 27.7. The van der Waals surface area contributed by atoms with E-state index in [0.29, 0.717) is 0 Å². The first-order chi connectivity index (χ1) is 18.9. The van der Waals surface area contributed by atoms with Gasteiger partial charge in [-0.05, 0) is 0 Å². The second kappa shape index (κ2) is 12.3. The van der Waals surface area contributed by atoms with Crippen molar-refractivity contribution in [2.45, 2.75) is 20.8 Å². The second-order valence-corrected chi connectivity index (χ2v) is 32.8. The molecule has 0 unspecified atom stereocenters. The normalized spacial score (nSPS) is 11.7. The molecule has 0 aromatic heterocycles. The van der Waals surface area contributed by atoms with Crippen molar-refractivity contribution in [3.05, 3.63) is 150 Å². The summed E-state index contributed by atoms with van der Waals surface area (Å²) in [5.74, 6) is 1.45. The van der Waals surface area contributed by atoms with Crippen LogP contribution in [0.5, 0.6) is 11.5 Å². The summed E-state index contributed by atoms with van der Waals surface area (Å²) in [4.78, 5) is 0. The van der Waals surface area contributed by atoms with Crippen LogP contribution in [-0.4, -0.2) is 17.0 Å². The summed E-state index contributed by atoms with van der Waals surface area (Å²) >= 11 is 2.56. The zero-order chi connectivity index (χ0) is 27.3. The Morgan fingerprint density at radius 3 is 1.10 bits per heavy atom. The van der Waals surface area contributed by atoms with Gasteiger partial charge in [0.2, 0.25) is 0 Å². The Hall–Kier alpha value is -2.50. The molecule has 2 nitrogen and oxygen atoms in total. The van der Waals surface area contributed by atoms with E-state index in [1.165, 1.54) is 27.4 Å². The van der Waals surface area contributed by atoms with Crippen LogP contribution < -0.4 is 19.8 Å². The monoisotopic (exact) mass is 674 g/mol. The van der Waals surface area contributed by atoms with Gasteiger partial charge < -0.3 is 0 Å². The predicted octanol–water partition coefficient (Wildman–Crippen LogP) is 7.69. The Balaban J connectivity index is 1.75. The van der Waals surface area contributed by atoms with E-state index in [-0.39, 0.29) is 0 Å². The molecule has 0 atom stereocenters. The minimum atomic E-state index is -3.92. The third-order valence-corrected chi connectivity index (χ3v) is 42.1. The van der Waals surface area contributed by atoms with E-state index in [1.54, 1.807) is 8.57 Å². The van der Waals surface area contributed by atoms with Gasteiger partial charge in [0.15, 0.2) is 0 Å². The summed E-state index contributed by atoms with van der Waals surface area (Å²) < 4.78 is 17.4. The van der Waals surface area contributed by atoms with Crippen LogP contribution in [0.1, 0.15) is 16.7 Å². The van der Waals surface area contributed by atoms with E-state index in [4.69, 9.17) is 20.9 Å². The summed E-state index contributed by atoms with van der Waals surface area (Å²) in [6.07, 6.45) is 0. The van der Waals surface area contributed by atoms with Crippen molar-refractivity contribution >= 4 is 53.8 Å². The molecule has 0 N–H and O–H groups in total. The van der Waals surface area contributed by atoms with Gasteiger partial charge in [0.1, 0.15) is 0 Å². The fourth-order valence-corrected chi connectivity index (χ4v) is 45.6. The number of benzene rings is 5. The molecular weight excluding hydrogens is 642 g/mol. The molecule has 0 spiro atoms. The molecule has 0 saturated heterocycles. The standard InChI is InChI=1S/C12H11O2PS2.3C7H7.Sn/c16-15(17,13-11-7-3-1-4-8-11)14-12-9-5-2-6-10-12;3*1-7-5-3-2-4-6-7;/h1-10H,(H,16,17);3*3-6H,1H3;/q;;;;+1/p-1. The van der Waals surface area contributed by atoms with Gasteiger partial charge in [-0.3, -0.25) is 0 Å². The van der Waals surface area contributed by atoms with Crippen LogP contribution in [-0.2, 0) is 11.8 Å². The van der Waals surface area contributed by atoms with Gasteiger partial charge in [0, 0.05) is 0 Å². The number of rotatable bonds is 9. The van der Waals surface area contributed by atoms with Gasteiger partial charge in [-0.2, -0.15) is 0 Å². The van der Waals surface area contributed by atoms with Crippen LogP contribution in [0.15, 0.2) is 133 Å². The molecule has 6 heteroatoms. The SMILES string of the molecule is Cc1cc[c]([Sn]([S]P(=S)(Oc2ccccc2)Oc2ccccc2)([c]2ccc(C)cc2)[c]2ccc(C)cc2)cc1. The van der Waals surface area contributed by atoms with Crippen molar-refractivity contribution in [1.29, 1.82) is 0 Å². The van der Waals surface area contributed by atoms with Crippen molar-refractivity contribution in [1.82, 2.24) is 0 Å². The van der Waals surface area contributed by atoms with Crippen molar-refractivity contribution < 1.29 is 9.05 Å². The van der Waals surface area contributed by atoms with Gasteiger partial charge in [0.05, 0.1) is 0 Å². The molecule has 0 fully saturated rings. The first-order valence-electron chi connectivity index (χ1n) is 12.9. The molecule has 196 valence electrons. The fraction of sp³-hybridized carbons (Fsp3) is 0.0909. The number of hydrogen-bond acceptors (Lipinski definition) is 4. The third-order valence-electron chi connectivity index (χ3n) is 6.54. The topological polar surface area (TPSA) is 18.5 Å². The summed E-state index contributed by atoms with van der Waals surface area (Å²) in [7, 11) is 1.80. The minimum absolute atomic E-state index is 0.723. The third kappa shape index (κ3) is 6.63. The maximum atomic E-state index is 6.72. The molecule has 5 aromatic carbocycles. The van der Waals surface area contributed by atoms with Crippen molar-refractivity contribution in [2.24, 2.45) is 0 Å². The van der Waals surface area contributed by atoms with Crippen LogP contribution >= 0.6 is 14.3 Å². The van der Waals surface area contributed by atoms with Gasteiger partial charge in [-0.1, -0.05) is 0 Å². The molecule has 5 aromatic rings. The van der Waals surface area contributed by atoms with Crippen LogP contribution in [0, 0.1) is 20.8 Å². The van der Waals surface area contributed by atoms with Crippen LogP contribution in [0.25, 0.3) is 0 Å². The summed E-state index contributed by atoms with van der Waals surface area (Å²) in [6.45, 7) is 6.40. The molecule has 0 amide bonds. The van der Waals surface area contributed by atoms with E-state index >= 15 is 0 Å². The molecular formula is C33H31O2PS2Sn. The molecule has 0 heterocycles. The van der Waals surface area contributed by atoms with E-state index in [2.05, 4.69) is 93.6 Å². The van der Waals surface area contributed by atoms with E-state index in [9.17, 15) is 0 Å². The average Bonchev–Trinajstić information content (AvgIpc) is 2.94. The fourth-order valence-electron chi connectivity index (χ4n) is 4.47. The van der Waals surface area contributed by atoms with Gasteiger partial charge in [-0.25, -0.2) is 0 Å². The Morgan fingerprint density at radius 1 is 0.487 bits per heavy atom. The zero-order valence-electron chi connectivity index (χ0n) is 22.3. The van der Waals surface area contributed by atoms with Gasteiger partial charge >= 0.3 is 245 Å². The first kappa shape index (κ1) is 28.0. The molecule has 0 radical (unpaired) electrons. The summed E-state index contributed by atoms with van der Waals surface area (Å²) in [6, 6.07) is 46.7. The van der Waals surface area contributed by atoms with Crippen molar-refractivity contribution in [3.63, 3.8) is 0 Å². The molecule has 0 bridgehead atoms. The van der Waals surface area contributed by atoms with E-state index in [1.807, 2.05) is 60.7 Å². The number of para-hydroxylation sites is 2. The predicted molar refractivity (Wildman–Crippen MR) is 174 cm³/mol. The summed E-state index contributed by atoms with van der Waals surface area (Å²) in [5, 5.41) is 0. The number of hydrogen-bond donors (Lipinski definition) is 0. The first-order valence-corrected chi connectivity index (χ1v) is 24.7. The quantitative estimate of drug-likeness (QED) is 0.118. The Morgan fingerprint density at radius 2 is 0.795 bits per heavy atom. The maximum absolute atomic E-state index is 6.72. The molecule has 0 aliphatic heterocycles. The van der Waals surface area contributed by atoms with Crippen LogP contribution in [0.4, 0.5) is 0 Å². The Bertz CT molecular complexity index is 1400. The van der Waals surface area contributed by atoms with Crippen molar-refractivity contribution in [3.8, 4) is 11.5 Å². The average molecular weight is 673 g/mol. The molecule has 0 saturated carbocycles. The van der Waals surface area contributed by atoms with Crippen molar-refractivity contribution in [2.75, 3.05) is 0 Å². The van der Waals surface area contributed by atoms with E-state index < -0.39 is 22.7 Å². The summed E-state index contributed by atoms with van der Waals surface area (Å²) in [5.41, 5.74) is 0.727. The number of aryl methyl sites for hydroxylation is 3. The molecule has 0 aliphatic carbocycles. The molecule has 0 aliphatic rings. The van der Waals surface area contributed by atoms with Gasteiger partial charge in [-0.15, -0.1) is 0 Å². The molecule has 5 rings (SSSR count). The Kier molecular flexibility index (Phi) is 8.88. The van der Waals surface area contributed by atoms with Crippen LogP contribution in [0.3, 0.4) is 0 Å². The Labute approximate surface area is 243 Å². The molecule has 39 heavy (non-hydrogen) atoms. The van der Waals surface area contributed by atoms with E-state index in [0.717, 1.165) is 11.5 Å². The van der Waals surface area contributed by atoms with Gasteiger partial charge in [0.25, 0.3) is 0 Å². The van der Waals surface area contributed by atoms with Crippen LogP contribution in [0.2, 0.25) is 0 Å². The second-order valence-electron chi connectivity index (χ2n) is 9.63.